The third-order valence-electron chi connectivity index (χ3n) is 1.78. The van der Waals surface area contributed by atoms with Crippen molar-refractivity contribution in [3.8, 4) is 0 Å². The molecule has 0 aliphatic carbocycles. The Morgan fingerprint density at radius 2 is 2.00 bits per heavy atom. The quantitative estimate of drug-likeness (QED) is 0.813. The average molecular weight is 387 g/mol. The van der Waals surface area contributed by atoms with Crippen LogP contribution in [-0.2, 0) is 14.8 Å². The predicted octanol–water partition coefficient (Wildman–Crippen LogP) is 2.43. The normalized spacial score (nSPS) is 11.2. The molecule has 0 aliphatic heterocycles. The van der Waals surface area contributed by atoms with E-state index in [-0.39, 0.29) is 0 Å². The molecule has 8 heteroatoms. The fraction of sp³-hybridized carbons (Fsp3) is 0.222. The van der Waals surface area contributed by atoms with Crippen molar-refractivity contribution in [3.63, 3.8) is 0 Å². The van der Waals surface area contributed by atoms with Crippen molar-refractivity contribution in [2.75, 3.05) is 10.5 Å². The number of nitrogens with one attached hydrogen (secondary N) is 1. The van der Waals surface area contributed by atoms with Gasteiger partial charge >= 0.3 is 5.97 Å². The highest BCUT2D eigenvalue weighted by Crippen LogP contribution is 2.26. The smallest absolute Gasteiger partial charge is 0.304 e. The predicted molar refractivity (Wildman–Crippen MR) is 71.5 cm³/mol. The first kappa shape index (κ1) is 14.5. The van der Waals surface area contributed by atoms with Gasteiger partial charge in [-0.1, -0.05) is 15.9 Å². The van der Waals surface area contributed by atoms with Crippen LogP contribution in [0.4, 0.5) is 5.69 Å². The van der Waals surface area contributed by atoms with Gasteiger partial charge in [0.25, 0.3) is 0 Å². The summed E-state index contributed by atoms with van der Waals surface area (Å²) in [5, 5.41) is 8.43. The molecule has 5 nitrogen and oxygen atoms in total. The van der Waals surface area contributed by atoms with E-state index in [9.17, 15) is 13.2 Å². The van der Waals surface area contributed by atoms with Gasteiger partial charge in [0.2, 0.25) is 10.0 Å². The molecule has 0 bridgehead atoms. The zero-order valence-electron chi connectivity index (χ0n) is 8.48. The molecule has 1 aromatic carbocycles. The van der Waals surface area contributed by atoms with Gasteiger partial charge in [-0.05, 0) is 34.1 Å². The van der Waals surface area contributed by atoms with E-state index < -0.39 is 28.2 Å². The first-order chi connectivity index (χ1) is 7.80. The molecule has 17 heavy (non-hydrogen) atoms. The van der Waals surface area contributed by atoms with Crippen LogP contribution in [0.3, 0.4) is 0 Å². The van der Waals surface area contributed by atoms with Gasteiger partial charge in [-0.3, -0.25) is 9.52 Å². The van der Waals surface area contributed by atoms with E-state index in [4.69, 9.17) is 5.11 Å². The molecular formula is C9H9Br2NO4S. The molecule has 0 atom stereocenters. The SMILES string of the molecule is O=C(O)CCS(=O)(=O)Nc1ccc(Br)cc1Br. The third kappa shape index (κ3) is 5.05. The summed E-state index contributed by atoms with van der Waals surface area (Å²) in [6.45, 7) is 0. The number of benzene rings is 1. The van der Waals surface area contributed by atoms with Crippen LogP contribution >= 0.6 is 31.9 Å². The molecule has 0 fully saturated rings. The van der Waals surface area contributed by atoms with E-state index in [2.05, 4.69) is 36.6 Å². The lowest BCUT2D eigenvalue weighted by molar-refractivity contribution is -0.136. The van der Waals surface area contributed by atoms with Crippen molar-refractivity contribution >= 4 is 53.5 Å². The van der Waals surface area contributed by atoms with Gasteiger partial charge in [0.1, 0.15) is 0 Å². The Morgan fingerprint density at radius 1 is 1.35 bits per heavy atom. The summed E-state index contributed by atoms with van der Waals surface area (Å²) in [5.74, 6) is -1.60. The molecule has 0 unspecified atom stereocenters. The fourth-order valence-corrected chi connectivity index (χ4v) is 3.35. The molecule has 0 radical (unpaired) electrons. The molecule has 0 spiro atoms. The number of anilines is 1. The van der Waals surface area contributed by atoms with Gasteiger partial charge in [0.05, 0.1) is 17.9 Å². The largest absolute Gasteiger partial charge is 0.481 e. The van der Waals surface area contributed by atoms with E-state index in [1.54, 1.807) is 18.2 Å². The van der Waals surface area contributed by atoms with Crippen LogP contribution in [0, 0.1) is 0 Å². The van der Waals surface area contributed by atoms with Gasteiger partial charge in [0.15, 0.2) is 0 Å². The van der Waals surface area contributed by atoms with E-state index >= 15 is 0 Å². The van der Waals surface area contributed by atoms with Gasteiger partial charge in [-0.2, -0.15) is 0 Å². The van der Waals surface area contributed by atoms with Crippen molar-refractivity contribution in [2.24, 2.45) is 0 Å². The molecular weight excluding hydrogens is 378 g/mol. The molecule has 1 rings (SSSR count). The highest BCUT2D eigenvalue weighted by Gasteiger charge is 2.14. The van der Waals surface area contributed by atoms with E-state index in [0.29, 0.717) is 10.2 Å². The van der Waals surface area contributed by atoms with Gasteiger partial charge in [-0.25, -0.2) is 8.42 Å². The number of hydrogen-bond donors (Lipinski definition) is 2. The summed E-state index contributed by atoms with van der Waals surface area (Å²) in [5.41, 5.74) is 0.374. The Morgan fingerprint density at radius 3 is 2.53 bits per heavy atom. The first-order valence-electron chi connectivity index (χ1n) is 4.47. The van der Waals surface area contributed by atoms with E-state index in [1.165, 1.54) is 0 Å². The number of carbonyl (C=O) groups is 1. The number of sulfonamides is 1. The molecule has 94 valence electrons. The lowest BCUT2D eigenvalue weighted by atomic mass is 10.3. The minimum Gasteiger partial charge on any atom is -0.481 e. The number of carboxylic acids is 1. The summed E-state index contributed by atoms with van der Waals surface area (Å²) < 4.78 is 26.8. The highest BCUT2D eigenvalue weighted by molar-refractivity contribution is 9.11. The number of hydrogen-bond acceptors (Lipinski definition) is 3. The zero-order chi connectivity index (χ0) is 13.1. The Balaban J connectivity index is 2.79. The van der Waals surface area contributed by atoms with Crippen LogP contribution in [0.15, 0.2) is 27.1 Å². The minimum atomic E-state index is -3.64. The van der Waals surface area contributed by atoms with Crippen molar-refractivity contribution in [2.45, 2.75) is 6.42 Å². The van der Waals surface area contributed by atoms with Crippen molar-refractivity contribution in [1.82, 2.24) is 0 Å². The van der Waals surface area contributed by atoms with Crippen LogP contribution in [0.25, 0.3) is 0 Å². The van der Waals surface area contributed by atoms with Crippen LogP contribution in [-0.4, -0.2) is 25.2 Å². The topological polar surface area (TPSA) is 83.5 Å². The van der Waals surface area contributed by atoms with Crippen LogP contribution < -0.4 is 4.72 Å². The first-order valence-corrected chi connectivity index (χ1v) is 7.71. The Hall–Kier alpha value is -0.600. The Bertz CT molecular complexity index is 530. The van der Waals surface area contributed by atoms with Gasteiger partial charge < -0.3 is 5.11 Å². The highest BCUT2D eigenvalue weighted by atomic mass is 79.9. The fourth-order valence-electron chi connectivity index (χ4n) is 1.01. The van der Waals surface area contributed by atoms with Crippen LogP contribution in [0.5, 0.6) is 0 Å². The monoisotopic (exact) mass is 385 g/mol. The Kier molecular flexibility index (Phi) is 4.96. The summed E-state index contributed by atoms with van der Waals surface area (Å²) in [4.78, 5) is 10.3. The zero-order valence-corrected chi connectivity index (χ0v) is 12.5. The second-order valence-corrected chi connectivity index (χ2v) is 6.80. The lowest BCUT2D eigenvalue weighted by Gasteiger charge is -2.09. The molecule has 0 saturated heterocycles. The summed E-state index contributed by atoms with van der Waals surface area (Å²) in [6.07, 6.45) is -0.427. The maximum absolute atomic E-state index is 11.5. The maximum Gasteiger partial charge on any atom is 0.304 e. The molecule has 0 aliphatic rings. The second-order valence-electron chi connectivity index (χ2n) is 3.19. The summed E-state index contributed by atoms with van der Waals surface area (Å²) in [6, 6.07) is 4.95. The minimum absolute atomic E-state index is 0.374. The van der Waals surface area contributed by atoms with E-state index in [0.717, 1.165) is 4.47 Å². The summed E-state index contributed by atoms with van der Waals surface area (Å²) >= 11 is 6.45. The van der Waals surface area contributed by atoms with Gasteiger partial charge in [-0.15, -0.1) is 0 Å². The second kappa shape index (κ2) is 5.83. The van der Waals surface area contributed by atoms with Gasteiger partial charge in [0, 0.05) is 8.95 Å². The number of halogens is 2. The van der Waals surface area contributed by atoms with Crippen molar-refractivity contribution in [3.05, 3.63) is 27.1 Å². The summed E-state index contributed by atoms with van der Waals surface area (Å²) in [7, 11) is -3.64. The Labute approximate surface area is 116 Å². The van der Waals surface area contributed by atoms with E-state index in [1.807, 2.05) is 0 Å². The van der Waals surface area contributed by atoms with Crippen molar-refractivity contribution in [1.29, 1.82) is 0 Å². The molecule has 0 heterocycles. The van der Waals surface area contributed by atoms with Crippen LogP contribution in [0.2, 0.25) is 0 Å². The molecule has 0 aromatic heterocycles. The standard InChI is InChI=1S/C9H9Br2NO4S/c10-6-1-2-8(7(11)5-6)12-17(15,16)4-3-9(13)14/h1-2,5,12H,3-4H2,(H,13,14). The number of aliphatic carboxylic acids is 1. The lowest BCUT2D eigenvalue weighted by Crippen LogP contribution is -2.19. The molecule has 2 N–H and O–H groups in total. The van der Waals surface area contributed by atoms with Crippen LogP contribution in [0.1, 0.15) is 6.42 Å². The molecule has 0 saturated carbocycles. The average Bonchev–Trinajstić information content (AvgIpc) is 2.20. The number of carboxylic acid groups (broad SMARTS) is 1. The maximum atomic E-state index is 11.5. The molecule has 0 amide bonds. The third-order valence-corrected chi connectivity index (χ3v) is 4.20. The van der Waals surface area contributed by atoms with Crippen molar-refractivity contribution < 1.29 is 18.3 Å². The molecule has 1 aromatic rings. The number of rotatable bonds is 5.